The van der Waals surface area contributed by atoms with E-state index in [1.807, 2.05) is 44.2 Å². The highest BCUT2D eigenvalue weighted by Crippen LogP contribution is 2.42. The van der Waals surface area contributed by atoms with Crippen LogP contribution < -0.4 is 10.3 Å². The summed E-state index contributed by atoms with van der Waals surface area (Å²) in [6.07, 6.45) is 0. The highest BCUT2D eigenvalue weighted by molar-refractivity contribution is 9.10. The molecule has 1 N–H and O–H groups in total. The van der Waals surface area contributed by atoms with Gasteiger partial charge in [0.05, 0.1) is 17.0 Å². The van der Waals surface area contributed by atoms with Crippen molar-refractivity contribution < 1.29 is 14.3 Å². The summed E-state index contributed by atoms with van der Waals surface area (Å²) in [5, 5.41) is 10.2. The smallest absolute Gasteiger partial charge is 0.295 e. The molecule has 4 aromatic rings. The Morgan fingerprint density at radius 2 is 1.68 bits per heavy atom. The fraction of sp³-hybridized carbons (Fsp3) is 0.120. The normalized spacial score (nSPS) is 15.5. The van der Waals surface area contributed by atoms with Gasteiger partial charge in [0.25, 0.3) is 5.91 Å². The molecule has 1 aromatic heterocycles. The summed E-state index contributed by atoms with van der Waals surface area (Å²) in [6.45, 7) is 3.88. The Morgan fingerprint density at radius 1 is 0.968 bits per heavy atom. The van der Waals surface area contributed by atoms with Crippen molar-refractivity contribution in [3.63, 3.8) is 0 Å². The molecule has 1 amide bonds. The van der Waals surface area contributed by atoms with Gasteiger partial charge in [-0.15, -0.1) is 0 Å². The van der Waals surface area contributed by atoms with Crippen LogP contribution in [0.4, 0.5) is 5.69 Å². The van der Waals surface area contributed by atoms with Crippen molar-refractivity contribution >= 4 is 38.5 Å². The van der Waals surface area contributed by atoms with Gasteiger partial charge in [-0.25, -0.2) is 0 Å². The Balaban J connectivity index is 1.83. The van der Waals surface area contributed by atoms with Gasteiger partial charge >= 0.3 is 0 Å². The van der Waals surface area contributed by atoms with Crippen LogP contribution in [0.15, 0.2) is 74.3 Å². The molecule has 0 spiro atoms. The Bertz CT molecular complexity index is 1420. The van der Waals surface area contributed by atoms with Crippen LogP contribution in [0.5, 0.6) is 5.75 Å². The SMILES string of the molecule is Cc1cc2oc3c(c(=O)c2cc1C)C(c1ccc(O)cc1)N(c1cccc(Br)c1)C3=O. The van der Waals surface area contributed by atoms with Gasteiger partial charge in [-0.3, -0.25) is 14.5 Å². The maximum absolute atomic E-state index is 13.6. The number of halogens is 1. The monoisotopic (exact) mass is 475 g/mol. The molecule has 1 atom stereocenters. The van der Waals surface area contributed by atoms with Crippen molar-refractivity contribution in [3.8, 4) is 5.75 Å². The number of anilines is 1. The summed E-state index contributed by atoms with van der Waals surface area (Å²) < 4.78 is 6.85. The van der Waals surface area contributed by atoms with Gasteiger partial charge in [0.1, 0.15) is 11.3 Å². The number of benzene rings is 3. The van der Waals surface area contributed by atoms with Crippen molar-refractivity contribution in [1.29, 1.82) is 0 Å². The van der Waals surface area contributed by atoms with Gasteiger partial charge in [-0.05, 0) is 73.0 Å². The minimum absolute atomic E-state index is 0.0544. The second kappa shape index (κ2) is 7.10. The van der Waals surface area contributed by atoms with Gasteiger partial charge in [0, 0.05) is 10.2 Å². The van der Waals surface area contributed by atoms with Crippen LogP contribution in [-0.4, -0.2) is 11.0 Å². The minimum atomic E-state index is -0.667. The molecule has 5 rings (SSSR count). The minimum Gasteiger partial charge on any atom is -0.508 e. The zero-order valence-electron chi connectivity index (χ0n) is 16.8. The Kier molecular flexibility index (Phi) is 4.48. The number of hydrogen-bond donors (Lipinski definition) is 1. The molecule has 0 aliphatic carbocycles. The summed E-state index contributed by atoms with van der Waals surface area (Å²) in [5.41, 5.74) is 3.81. The van der Waals surface area contributed by atoms with E-state index in [9.17, 15) is 14.7 Å². The number of aromatic hydroxyl groups is 1. The first-order valence-electron chi connectivity index (χ1n) is 9.81. The number of carbonyl (C=O) groups excluding carboxylic acids is 1. The van der Waals surface area contributed by atoms with Gasteiger partial charge in [0.15, 0.2) is 5.43 Å². The van der Waals surface area contributed by atoms with Crippen LogP contribution in [0, 0.1) is 13.8 Å². The van der Waals surface area contributed by atoms with Crippen LogP contribution >= 0.6 is 15.9 Å². The fourth-order valence-electron chi connectivity index (χ4n) is 4.09. The van der Waals surface area contributed by atoms with Crippen LogP contribution in [0.1, 0.15) is 38.9 Å². The number of amides is 1. The number of nitrogens with zero attached hydrogens (tertiary/aromatic N) is 1. The molecule has 5 nitrogen and oxygen atoms in total. The van der Waals surface area contributed by atoms with Crippen LogP contribution in [0.2, 0.25) is 0 Å². The average Bonchev–Trinajstić information content (AvgIpc) is 3.03. The lowest BCUT2D eigenvalue weighted by Gasteiger charge is -2.25. The van der Waals surface area contributed by atoms with Gasteiger partial charge in [-0.2, -0.15) is 0 Å². The number of aryl methyl sites for hydroxylation is 2. The van der Waals surface area contributed by atoms with Crippen molar-refractivity contribution in [2.24, 2.45) is 0 Å². The molecule has 1 aliphatic heterocycles. The molecule has 2 heterocycles. The highest BCUT2D eigenvalue weighted by atomic mass is 79.9. The maximum Gasteiger partial charge on any atom is 0.295 e. The molecule has 3 aromatic carbocycles. The average molecular weight is 476 g/mol. The van der Waals surface area contributed by atoms with Crippen LogP contribution in [0.3, 0.4) is 0 Å². The van der Waals surface area contributed by atoms with E-state index in [4.69, 9.17) is 4.42 Å². The lowest BCUT2D eigenvalue weighted by atomic mass is 9.97. The summed E-state index contributed by atoms with van der Waals surface area (Å²) in [6, 6.07) is 16.8. The molecule has 154 valence electrons. The Labute approximate surface area is 186 Å². The van der Waals surface area contributed by atoms with E-state index in [2.05, 4.69) is 15.9 Å². The molecule has 0 radical (unpaired) electrons. The number of rotatable bonds is 2. The van der Waals surface area contributed by atoms with Crippen LogP contribution in [-0.2, 0) is 0 Å². The lowest BCUT2D eigenvalue weighted by Crippen LogP contribution is -2.29. The summed E-state index contributed by atoms with van der Waals surface area (Å²) in [5.74, 6) is -0.207. The molecule has 6 heteroatoms. The molecule has 0 fully saturated rings. The van der Waals surface area contributed by atoms with E-state index in [0.29, 0.717) is 27.8 Å². The van der Waals surface area contributed by atoms with Crippen LogP contribution in [0.25, 0.3) is 11.0 Å². The van der Waals surface area contributed by atoms with Crippen molar-refractivity contribution in [2.75, 3.05) is 4.90 Å². The summed E-state index contributed by atoms with van der Waals surface area (Å²) in [4.78, 5) is 28.7. The lowest BCUT2D eigenvalue weighted by molar-refractivity contribution is 0.0971. The number of phenols is 1. The molecule has 0 bridgehead atoms. The number of phenolic OH excluding ortho intramolecular Hbond substituents is 1. The molecular weight excluding hydrogens is 458 g/mol. The predicted molar refractivity (Wildman–Crippen MR) is 123 cm³/mol. The largest absolute Gasteiger partial charge is 0.508 e. The van der Waals surface area contributed by atoms with Gasteiger partial charge in [0.2, 0.25) is 5.76 Å². The molecular formula is C25H18BrNO4. The molecule has 1 aliphatic rings. The van der Waals surface area contributed by atoms with E-state index in [1.165, 1.54) is 0 Å². The summed E-state index contributed by atoms with van der Waals surface area (Å²) in [7, 11) is 0. The second-order valence-corrected chi connectivity index (χ2v) is 8.67. The maximum atomic E-state index is 13.6. The van der Waals surface area contributed by atoms with E-state index in [0.717, 1.165) is 15.6 Å². The first kappa shape index (κ1) is 19.6. The molecule has 0 saturated carbocycles. The second-order valence-electron chi connectivity index (χ2n) is 7.76. The molecule has 1 unspecified atom stereocenters. The van der Waals surface area contributed by atoms with Crippen molar-refractivity contribution in [2.45, 2.75) is 19.9 Å². The topological polar surface area (TPSA) is 70.8 Å². The predicted octanol–water partition coefficient (Wildman–Crippen LogP) is 5.63. The Morgan fingerprint density at radius 3 is 2.39 bits per heavy atom. The van der Waals surface area contributed by atoms with E-state index >= 15 is 0 Å². The Hall–Kier alpha value is -3.38. The third-order valence-electron chi connectivity index (χ3n) is 5.78. The zero-order valence-corrected chi connectivity index (χ0v) is 18.4. The first-order valence-corrected chi connectivity index (χ1v) is 10.6. The number of carbonyl (C=O) groups is 1. The van der Waals surface area contributed by atoms with Crippen molar-refractivity contribution in [1.82, 2.24) is 0 Å². The zero-order chi connectivity index (χ0) is 21.9. The first-order chi connectivity index (χ1) is 14.8. The van der Waals surface area contributed by atoms with Gasteiger partial charge < -0.3 is 9.52 Å². The molecule has 0 saturated heterocycles. The summed E-state index contributed by atoms with van der Waals surface area (Å²) >= 11 is 3.46. The van der Waals surface area contributed by atoms with Crippen molar-refractivity contribution in [3.05, 3.63) is 103 Å². The third kappa shape index (κ3) is 3.06. The van der Waals surface area contributed by atoms with E-state index in [-0.39, 0.29) is 22.8 Å². The standard InChI is InChI=1S/C25H18BrNO4/c1-13-10-19-20(11-14(13)2)31-24-21(23(19)29)22(15-6-8-18(28)9-7-15)27(25(24)30)17-5-3-4-16(26)12-17/h3-12,22,28H,1-2H3. The van der Waals surface area contributed by atoms with E-state index in [1.54, 1.807) is 35.2 Å². The third-order valence-corrected chi connectivity index (χ3v) is 6.27. The number of fused-ring (bicyclic) bond motifs is 2. The molecule has 31 heavy (non-hydrogen) atoms. The van der Waals surface area contributed by atoms with Gasteiger partial charge in [-0.1, -0.05) is 34.1 Å². The quantitative estimate of drug-likeness (QED) is 0.407. The number of hydrogen-bond acceptors (Lipinski definition) is 4. The fourth-order valence-corrected chi connectivity index (χ4v) is 4.48. The highest BCUT2D eigenvalue weighted by Gasteiger charge is 2.43. The van der Waals surface area contributed by atoms with E-state index < -0.39 is 6.04 Å².